The van der Waals surface area contributed by atoms with E-state index in [9.17, 15) is 0 Å². The maximum absolute atomic E-state index is 5.65. The maximum atomic E-state index is 5.65. The molecule has 2 N–H and O–H groups in total. The Kier molecular flexibility index (Phi) is 2.60. The molecule has 1 aromatic heterocycles. The molecule has 0 spiro atoms. The van der Waals surface area contributed by atoms with Gasteiger partial charge in [-0.1, -0.05) is 23.8 Å². The quantitative estimate of drug-likeness (QED) is 0.792. The summed E-state index contributed by atoms with van der Waals surface area (Å²) in [6.45, 7) is 6.08. The average Bonchev–Trinajstić information content (AvgIpc) is 2.15. The van der Waals surface area contributed by atoms with Crippen molar-refractivity contribution in [3.8, 4) is 11.3 Å². The summed E-state index contributed by atoms with van der Waals surface area (Å²) in [7, 11) is 0. The van der Waals surface area contributed by atoms with Crippen molar-refractivity contribution in [3.05, 3.63) is 41.1 Å². The van der Waals surface area contributed by atoms with Crippen LogP contribution in [0.3, 0.4) is 0 Å². The molecule has 0 aliphatic heterocycles. The molecule has 0 radical (unpaired) electrons. The summed E-state index contributed by atoms with van der Waals surface area (Å²) >= 11 is 0. The second-order valence-electron chi connectivity index (χ2n) is 4.07. The molecular weight excluding hydrogens is 198 g/mol. The minimum Gasteiger partial charge on any atom is -0.368 e. The number of hydrogen-bond donors (Lipinski definition) is 1. The molecule has 82 valence electrons. The third kappa shape index (κ3) is 2.03. The van der Waals surface area contributed by atoms with Crippen molar-refractivity contribution in [2.24, 2.45) is 0 Å². The first kappa shape index (κ1) is 10.6. The highest BCUT2D eigenvalue weighted by molar-refractivity contribution is 5.65. The van der Waals surface area contributed by atoms with Crippen LogP contribution in [0.15, 0.2) is 24.3 Å². The molecule has 3 nitrogen and oxygen atoms in total. The lowest BCUT2D eigenvalue weighted by Crippen LogP contribution is -1.99. The van der Waals surface area contributed by atoms with Gasteiger partial charge < -0.3 is 5.73 Å². The van der Waals surface area contributed by atoms with E-state index in [2.05, 4.69) is 42.0 Å². The molecule has 16 heavy (non-hydrogen) atoms. The summed E-state index contributed by atoms with van der Waals surface area (Å²) in [5.41, 5.74) is 11.0. The Morgan fingerprint density at radius 2 is 1.75 bits per heavy atom. The van der Waals surface area contributed by atoms with Crippen LogP contribution in [0.1, 0.15) is 16.8 Å². The SMILES string of the molecule is Cc1ccc(-c2cc(C)nc(N)n2)c(C)c1. The average molecular weight is 213 g/mol. The number of nitrogen functional groups attached to an aromatic ring is 1. The smallest absolute Gasteiger partial charge is 0.220 e. The largest absolute Gasteiger partial charge is 0.368 e. The minimum atomic E-state index is 0.329. The van der Waals surface area contributed by atoms with Gasteiger partial charge in [0.1, 0.15) is 0 Å². The van der Waals surface area contributed by atoms with Gasteiger partial charge in [-0.3, -0.25) is 0 Å². The summed E-state index contributed by atoms with van der Waals surface area (Å²) in [6, 6.07) is 8.25. The standard InChI is InChI=1S/C13H15N3/c1-8-4-5-11(9(2)6-8)12-7-10(3)15-13(14)16-12/h4-7H,1-3H3,(H2,14,15,16). The van der Waals surface area contributed by atoms with Crippen LogP contribution >= 0.6 is 0 Å². The molecule has 0 amide bonds. The van der Waals surface area contributed by atoms with Gasteiger partial charge in [0.05, 0.1) is 5.69 Å². The highest BCUT2D eigenvalue weighted by Crippen LogP contribution is 2.23. The number of benzene rings is 1. The van der Waals surface area contributed by atoms with Crippen molar-refractivity contribution in [2.45, 2.75) is 20.8 Å². The fraction of sp³-hybridized carbons (Fsp3) is 0.231. The van der Waals surface area contributed by atoms with E-state index in [-0.39, 0.29) is 0 Å². The van der Waals surface area contributed by atoms with Crippen LogP contribution in [0.25, 0.3) is 11.3 Å². The van der Waals surface area contributed by atoms with Gasteiger partial charge in [0.15, 0.2) is 0 Å². The van der Waals surface area contributed by atoms with Gasteiger partial charge in [-0.15, -0.1) is 0 Å². The Morgan fingerprint density at radius 1 is 1.00 bits per heavy atom. The summed E-state index contributed by atoms with van der Waals surface area (Å²) in [4.78, 5) is 8.34. The van der Waals surface area contributed by atoms with Crippen LogP contribution in [0.5, 0.6) is 0 Å². The Hall–Kier alpha value is -1.90. The molecule has 2 rings (SSSR count). The molecule has 0 bridgehead atoms. The van der Waals surface area contributed by atoms with E-state index in [4.69, 9.17) is 5.73 Å². The zero-order valence-electron chi connectivity index (χ0n) is 9.78. The Balaban J connectivity index is 2.58. The lowest BCUT2D eigenvalue weighted by Gasteiger charge is -2.07. The van der Waals surface area contributed by atoms with Crippen molar-refractivity contribution < 1.29 is 0 Å². The molecular formula is C13H15N3. The predicted octanol–water partition coefficient (Wildman–Crippen LogP) is 2.65. The van der Waals surface area contributed by atoms with E-state index in [1.165, 1.54) is 11.1 Å². The van der Waals surface area contributed by atoms with Crippen LogP contribution in [0.4, 0.5) is 5.95 Å². The number of aromatic nitrogens is 2. The van der Waals surface area contributed by atoms with Crippen molar-refractivity contribution in [1.29, 1.82) is 0 Å². The van der Waals surface area contributed by atoms with E-state index in [0.717, 1.165) is 17.0 Å². The normalized spacial score (nSPS) is 10.4. The highest BCUT2D eigenvalue weighted by Gasteiger charge is 2.05. The van der Waals surface area contributed by atoms with Crippen molar-refractivity contribution in [2.75, 3.05) is 5.73 Å². The Bertz CT molecular complexity index is 512. The molecule has 1 heterocycles. The van der Waals surface area contributed by atoms with E-state index in [1.807, 2.05) is 13.0 Å². The number of hydrogen-bond acceptors (Lipinski definition) is 3. The van der Waals surface area contributed by atoms with Crippen LogP contribution in [-0.4, -0.2) is 9.97 Å². The summed E-state index contributed by atoms with van der Waals surface area (Å²) < 4.78 is 0. The lowest BCUT2D eigenvalue weighted by molar-refractivity contribution is 1.12. The summed E-state index contributed by atoms with van der Waals surface area (Å²) in [6.07, 6.45) is 0. The molecule has 0 saturated heterocycles. The fourth-order valence-electron chi connectivity index (χ4n) is 1.83. The molecule has 0 aliphatic rings. The zero-order chi connectivity index (χ0) is 11.7. The van der Waals surface area contributed by atoms with Gasteiger partial charge >= 0.3 is 0 Å². The topological polar surface area (TPSA) is 51.8 Å². The van der Waals surface area contributed by atoms with Gasteiger partial charge in [-0.2, -0.15) is 0 Å². The molecule has 2 aromatic rings. The number of anilines is 1. The van der Waals surface area contributed by atoms with Crippen LogP contribution in [0, 0.1) is 20.8 Å². The van der Waals surface area contributed by atoms with E-state index >= 15 is 0 Å². The number of rotatable bonds is 1. The number of aryl methyl sites for hydroxylation is 3. The van der Waals surface area contributed by atoms with Crippen molar-refractivity contribution in [3.63, 3.8) is 0 Å². The molecule has 0 fully saturated rings. The second kappa shape index (κ2) is 3.93. The zero-order valence-corrected chi connectivity index (χ0v) is 9.78. The first-order chi connectivity index (χ1) is 7.56. The first-order valence-corrected chi connectivity index (χ1v) is 5.25. The van der Waals surface area contributed by atoms with E-state index in [1.54, 1.807) is 0 Å². The van der Waals surface area contributed by atoms with Crippen LogP contribution in [-0.2, 0) is 0 Å². The Labute approximate surface area is 95.4 Å². The van der Waals surface area contributed by atoms with Crippen molar-refractivity contribution >= 4 is 5.95 Å². The van der Waals surface area contributed by atoms with Crippen molar-refractivity contribution in [1.82, 2.24) is 9.97 Å². The van der Waals surface area contributed by atoms with Gasteiger partial charge in [0.25, 0.3) is 0 Å². The second-order valence-corrected chi connectivity index (χ2v) is 4.07. The predicted molar refractivity (Wildman–Crippen MR) is 66.1 cm³/mol. The molecule has 0 aliphatic carbocycles. The highest BCUT2D eigenvalue weighted by atomic mass is 15.0. The number of nitrogens with zero attached hydrogens (tertiary/aromatic N) is 2. The van der Waals surface area contributed by atoms with Crippen LogP contribution in [0.2, 0.25) is 0 Å². The molecule has 1 aromatic carbocycles. The summed E-state index contributed by atoms with van der Waals surface area (Å²) in [5.74, 6) is 0.329. The van der Waals surface area contributed by atoms with Gasteiger partial charge in [0, 0.05) is 11.3 Å². The van der Waals surface area contributed by atoms with Crippen LogP contribution < -0.4 is 5.73 Å². The maximum Gasteiger partial charge on any atom is 0.220 e. The number of nitrogens with two attached hydrogens (primary N) is 1. The minimum absolute atomic E-state index is 0.329. The van der Waals surface area contributed by atoms with E-state index < -0.39 is 0 Å². The molecule has 0 saturated carbocycles. The monoisotopic (exact) mass is 213 g/mol. The van der Waals surface area contributed by atoms with Gasteiger partial charge in [-0.05, 0) is 32.4 Å². The third-order valence-electron chi connectivity index (χ3n) is 2.53. The molecule has 3 heteroatoms. The van der Waals surface area contributed by atoms with E-state index in [0.29, 0.717) is 5.95 Å². The molecule has 0 unspecified atom stereocenters. The van der Waals surface area contributed by atoms with Gasteiger partial charge in [-0.25, -0.2) is 9.97 Å². The summed E-state index contributed by atoms with van der Waals surface area (Å²) in [5, 5.41) is 0. The van der Waals surface area contributed by atoms with Gasteiger partial charge in [0.2, 0.25) is 5.95 Å². The Morgan fingerprint density at radius 3 is 2.38 bits per heavy atom. The first-order valence-electron chi connectivity index (χ1n) is 5.25. The molecule has 0 atom stereocenters. The third-order valence-corrected chi connectivity index (χ3v) is 2.53. The fourth-order valence-corrected chi connectivity index (χ4v) is 1.83. The lowest BCUT2D eigenvalue weighted by atomic mass is 10.0.